The number of fused-ring (bicyclic) bond motifs is 1. The van der Waals surface area contributed by atoms with Gasteiger partial charge in [0.25, 0.3) is 5.56 Å². The number of carboxylic acids is 1. The van der Waals surface area contributed by atoms with Crippen molar-refractivity contribution in [1.82, 2.24) is 14.2 Å². The average molecular weight is 263 g/mol. The van der Waals surface area contributed by atoms with Crippen LogP contribution >= 0.6 is 0 Å². The minimum Gasteiger partial charge on any atom is -0.477 e. The van der Waals surface area contributed by atoms with E-state index < -0.39 is 11.5 Å². The summed E-state index contributed by atoms with van der Waals surface area (Å²) in [5.41, 5.74) is 0.911. The van der Waals surface area contributed by atoms with Crippen molar-refractivity contribution in [1.29, 1.82) is 0 Å². The predicted molar refractivity (Wildman–Crippen MR) is 70.6 cm³/mol. The lowest BCUT2D eigenvalue weighted by Gasteiger charge is -2.14. The third kappa shape index (κ3) is 2.38. The Labute approximate surface area is 110 Å². The van der Waals surface area contributed by atoms with Crippen LogP contribution in [0.1, 0.15) is 37.0 Å². The summed E-state index contributed by atoms with van der Waals surface area (Å²) in [6, 6.07) is 2.90. The highest BCUT2D eigenvalue weighted by Gasteiger charge is 2.17. The van der Waals surface area contributed by atoms with Gasteiger partial charge >= 0.3 is 5.97 Å². The molecule has 0 spiro atoms. The molecule has 0 radical (unpaired) electrons. The minimum absolute atomic E-state index is 0.00810. The van der Waals surface area contributed by atoms with Gasteiger partial charge in [-0.2, -0.15) is 9.61 Å². The van der Waals surface area contributed by atoms with E-state index in [2.05, 4.69) is 5.10 Å². The first kappa shape index (κ1) is 13.3. The molecule has 6 heteroatoms. The molecule has 0 bridgehead atoms. The van der Waals surface area contributed by atoms with Gasteiger partial charge < -0.3 is 9.67 Å². The van der Waals surface area contributed by atoms with E-state index in [9.17, 15) is 14.7 Å². The molecule has 2 heterocycles. The Kier molecular flexibility index (Phi) is 3.42. The molecule has 2 aromatic heterocycles. The number of rotatable bonds is 4. The maximum Gasteiger partial charge on any atom is 0.352 e. The molecule has 0 saturated heterocycles. The lowest BCUT2D eigenvalue weighted by molar-refractivity contribution is 0.0683. The van der Waals surface area contributed by atoms with Gasteiger partial charge in [-0.05, 0) is 12.3 Å². The molecule has 102 valence electrons. The summed E-state index contributed by atoms with van der Waals surface area (Å²) in [7, 11) is 0. The molecular formula is C13H17N3O3. The van der Waals surface area contributed by atoms with Crippen LogP contribution < -0.4 is 5.56 Å². The van der Waals surface area contributed by atoms with Gasteiger partial charge in [-0.25, -0.2) is 4.79 Å². The molecule has 0 atom stereocenters. The lowest BCUT2D eigenvalue weighted by Crippen LogP contribution is -2.24. The molecule has 2 aromatic rings. The largest absolute Gasteiger partial charge is 0.477 e. The summed E-state index contributed by atoms with van der Waals surface area (Å²) in [5.74, 6) is -0.830. The lowest BCUT2D eigenvalue weighted by atomic mass is 10.2. The van der Waals surface area contributed by atoms with Crippen molar-refractivity contribution in [3.63, 3.8) is 0 Å². The van der Waals surface area contributed by atoms with Gasteiger partial charge in [-0.1, -0.05) is 20.8 Å². The van der Waals surface area contributed by atoms with Gasteiger partial charge in [-0.3, -0.25) is 4.79 Å². The highest BCUT2D eigenvalue weighted by molar-refractivity contribution is 5.86. The monoisotopic (exact) mass is 263 g/mol. The third-order valence-electron chi connectivity index (χ3n) is 2.91. The Morgan fingerprint density at radius 3 is 2.63 bits per heavy atom. The number of hydrogen-bond donors (Lipinski definition) is 1. The molecule has 0 amide bonds. The van der Waals surface area contributed by atoms with Crippen LogP contribution in [0.4, 0.5) is 0 Å². The molecule has 0 saturated carbocycles. The zero-order valence-electron chi connectivity index (χ0n) is 11.3. The molecule has 0 aliphatic carbocycles. The maximum absolute atomic E-state index is 11.9. The molecule has 0 aliphatic heterocycles. The number of aryl methyl sites for hydroxylation is 1. The highest BCUT2D eigenvalue weighted by atomic mass is 16.4. The fraction of sp³-hybridized carbons (Fsp3) is 0.462. The average Bonchev–Trinajstić information content (AvgIpc) is 2.76. The number of hydrogen-bond acceptors (Lipinski definition) is 3. The number of carboxylic acid groups (broad SMARTS) is 1. The highest BCUT2D eigenvalue weighted by Crippen LogP contribution is 2.12. The van der Waals surface area contributed by atoms with Gasteiger partial charge in [-0.15, -0.1) is 0 Å². The number of carbonyl (C=O) groups is 1. The van der Waals surface area contributed by atoms with E-state index in [1.165, 1.54) is 4.52 Å². The number of aromatic nitrogens is 3. The Morgan fingerprint density at radius 2 is 2.11 bits per heavy atom. The van der Waals surface area contributed by atoms with E-state index >= 15 is 0 Å². The minimum atomic E-state index is -1.10. The van der Waals surface area contributed by atoms with Crippen LogP contribution in [0.2, 0.25) is 0 Å². The quantitative estimate of drug-likeness (QED) is 0.904. The molecule has 19 heavy (non-hydrogen) atoms. The van der Waals surface area contributed by atoms with Crippen LogP contribution in [0, 0.1) is 5.92 Å². The Bertz CT molecular complexity index is 682. The zero-order chi connectivity index (χ0) is 14.2. The topological polar surface area (TPSA) is 76.6 Å². The molecular weight excluding hydrogens is 246 g/mol. The van der Waals surface area contributed by atoms with Crippen molar-refractivity contribution in [2.24, 2.45) is 5.92 Å². The zero-order valence-corrected chi connectivity index (χ0v) is 11.3. The standard InChI is InChI=1S/C13H17N3O3/c1-4-9-5-11-15(7-8(2)3)10(13(18)19)6-12(17)16(11)14-9/h5-6,8H,4,7H2,1-3H3,(H,18,19). The summed E-state index contributed by atoms with van der Waals surface area (Å²) >= 11 is 0. The van der Waals surface area contributed by atoms with Crippen molar-refractivity contribution >= 4 is 11.6 Å². The third-order valence-corrected chi connectivity index (χ3v) is 2.91. The summed E-state index contributed by atoms with van der Waals surface area (Å²) in [6.07, 6.45) is 0.700. The maximum atomic E-state index is 11.9. The van der Waals surface area contributed by atoms with E-state index in [4.69, 9.17) is 0 Å². The molecule has 1 N–H and O–H groups in total. The predicted octanol–water partition coefficient (Wildman–Crippen LogP) is 1.41. The molecule has 0 fully saturated rings. The van der Waals surface area contributed by atoms with E-state index in [-0.39, 0.29) is 11.6 Å². The van der Waals surface area contributed by atoms with Crippen LogP contribution in [0.3, 0.4) is 0 Å². The summed E-state index contributed by atoms with van der Waals surface area (Å²) in [5, 5.41) is 13.4. The summed E-state index contributed by atoms with van der Waals surface area (Å²) in [4.78, 5) is 23.2. The van der Waals surface area contributed by atoms with E-state index in [1.807, 2.05) is 20.8 Å². The number of nitrogens with zero attached hydrogens (tertiary/aromatic N) is 3. The van der Waals surface area contributed by atoms with Crippen LogP contribution in [-0.4, -0.2) is 25.3 Å². The van der Waals surface area contributed by atoms with Gasteiger partial charge in [0.05, 0.1) is 5.69 Å². The van der Waals surface area contributed by atoms with Crippen LogP contribution in [0.25, 0.3) is 5.65 Å². The second kappa shape index (κ2) is 4.87. The Balaban J connectivity index is 2.80. The second-order valence-corrected chi connectivity index (χ2v) is 4.94. The van der Waals surface area contributed by atoms with Crippen molar-refractivity contribution in [3.8, 4) is 0 Å². The summed E-state index contributed by atoms with van der Waals surface area (Å²) in [6.45, 7) is 6.46. The smallest absolute Gasteiger partial charge is 0.352 e. The second-order valence-electron chi connectivity index (χ2n) is 4.94. The molecule has 0 aliphatic rings. The first-order valence-electron chi connectivity index (χ1n) is 6.29. The fourth-order valence-electron chi connectivity index (χ4n) is 2.06. The SMILES string of the molecule is CCc1cc2n(CC(C)C)c(C(=O)O)cc(=O)n2n1. The molecule has 6 nitrogen and oxygen atoms in total. The van der Waals surface area contributed by atoms with Crippen LogP contribution in [0.15, 0.2) is 16.9 Å². The molecule has 0 aromatic carbocycles. The first-order chi connectivity index (χ1) is 8.93. The Morgan fingerprint density at radius 1 is 1.42 bits per heavy atom. The van der Waals surface area contributed by atoms with Crippen molar-refractivity contribution in [2.45, 2.75) is 33.7 Å². The molecule has 0 unspecified atom stereocenters. The first-order valence-corrected chi connectivity index (χ1v) is 6.29. The van der Waals surface area contributed by atoms with Crippen molar-refractivity contribution < 1.29 is 9.90 Å². The van der Waals surface area contributed by atoms with Crippen molar-refractivity contribution in [3.05, 3.63) is 33.9 Å². The van der Waals surface area contributed by atoms with Gasteiger partial charge in [0.15, 0.2) is 0 Å². The van der Waals surface area contributed by atoms with Crippen LogP contribution in [-0.2, 0) is 13.0 Å². The number of aromatic carboxylic acids is 1. The summed E-state index contributed by atoms with van der Waals surface area (Å²) < 4.78 is 2.91. The van der Waals surface area contributed by atoms with Crippen LogP contribution in [0.5, 0.6) is 0 Å². The van der Waals surface area contributed by atoms with Gasteiger partial charge in [0.1, 0.15) is 11.3 Å². The normalized spacial score (nSPS) is 11.4. The molecule has 2 rings (SSSR count). The van der Waals surface area contributed by atoms with E-state index in [1.54, 1.807) is 10.6 Å². The van der Waals surface area contributed by atoms with Gasteiger partial charge in [0, 0.05) is 18.7 Å². The fourth-order valence-corrected chi connectivity index (χ4v) is 2.06. The van der Waals surface area contributed by atoms with Crippen molar-refractivity contribution in [2.75, 3.05) is 0 Å². The van der Waals surface area contributed by atoms with E-state index in [0.29, 0.717) is 18.6 Å². The van der Waals surface area contributed by atoms with E-state index in [0.717, 1.165) is 11.8 Å². The Hall–Kier alpha value is -2.11. The van der Waals surface area contributed by atoms with Gasteiger partial charge in [0.2, 0.25) is 0 Å².